The maximum atomic E-state index is 14.0. The van der Waals surface area contributed by atoms with Crippen molar-refractivity contribution in [3.05, 3.63) is 33.5 Å². The van der Waals surface area contributed by atoms with E-state index in [2.05, 4.69) is 40.0 Å². The number of carbonyl (C=O) groups is 1. The van der Waals surface area contributed by atoms with Crippen molar-refractivity contribution in [1.82, 2.24) is 10.2 Å². The summed E-state index contributed by atoms with van der Waals surface area (Å²) in [6.07, 6.45) is 2.61. The Morgan fingerprint density at radius 1 is 1.36 bits per heavy atom. The molecule has 5 rings (SSSR count). The van der Waals surface area contributed by atoms with Gasteiger partial charge in [0.1, 0.15) is 11.9 Å². The number of carbonyl (C=O) groups excluding carboxylic acids is 1. The van der Waals surface area contributed by atoms with E-state index in [0.29, 0.717) is 10.4 Å². The van der Waals surface area contributed by atoms with Crippen LogP contribution in [0.5, 0.6) is 0 Å². The number of nitrogens with zero attached hydrogens (tertiary/aromatic N) is 1. The van der Waals surface area contributed by atoms with Crippen molar-refractivity contribution in [3.8, 4) is 0 Å². The summed E-state index contributed by atoms with van der Waals surface area (Å²) >= 11 is 3.25. The molecule has 1 aromatic rings. The number of rotatable bonds is 2. The van der Waals surface area contributed by atoms with Crippen molar-refractivity contribution in [2.24, 2.45) is 11.3 Å². The van der Waals surface area contributed by atoms with Crippen LogP contribution >= 0.6 is 15.9 Å². The van der Waals surface area contributed by atoms with Gasteiger partial charge >= 0.3 is 6.09 Å². The van der Waals surface area contributed by atoms with Crippen molar-refractivity contribution in [3.63, 3.8) is 0 Å². The standard InChI is InChI=1S/C19H24BrFN2O2/c1-19(2)9-12-7-14(20)15(21)8-13(12)17(19)22-18(24)25-16-10-23-5-3-11(16)4-6-23/h7-8,11,16-17H,3-6,9-10H2,1-2H3,(H,22,24)/t16-,17+/m1/s1. The zero-order chi connectivity index (χ0) is 17.8. The number of ether oxygens (including phenoxy) is 1. The van der Waals surface area contributed by atoms with Crippen molar-refractivity contribution >= 4 is 22.0 Å². The molecule has 0 radical (unpaired) electrons. The summed E-state index contributed by atoms with van der Waals surface area (Å²) in [5.41, 5.74) is 1.76. The van der Waals surface area contributed by atoms with E-state index in [0.717, 1.165) is 50.0 Å². The fourth-order valence-electron chi connectivity index (χ4n) is 4.65. The van der Waals surface area contributed by atoms with Gasteiger partial charge in [0.05, 0.1) is 10.5 Å². The lowest BCUT2D eigenvalue weighted by atomic mass is 9.85. The van der Waals surface area contributed by atoms with Gasteiger partial charge in [0.2, 0.25) is 0 Å². The van der Waals surface area contributed by atoms with Gasteiger partial charge in [-0.1, -0.05) is 13.8 Å². The first-order chi connectivity index (χ1) is 11.8. The zero-order valence-corrected chi connectivity index (χ0v) is 16.2. The first-order valence-corrected chi connectivity index (χ1v) is 9.80. The largest absolute Gasteiger partial charge is 0.445 e. The second-order valence-corrected chi connectivity index (χ2v) is 9.14. The second-order valence-electron chi connectivity index (χ2n) is 8.29. The predicted octanol–water partition coefficient (Wildman–Crippen LogP) is 4.03. The second kappa shape index (κ2) is 6.23. The highest BCUT2D eigenvalue weighted by molar-refractivity contribution is 9.10. The van der Waals surface area contributed by atoms with Crippen molar-refractivity contribution in [1.29, 1.82) is 0 Å². The Kier molecular flexibility index (Phi) is 4.31. The fourth-order valence-corrected chi connectivity index (χ4v) is 5.04. The van der Waals surface area contributed by atoms with Gasteiger partial charge in [0, 0.05) is 6.54 Å². The van der Waals surface area contributed by atoms with Crippen molar-refractivity contribution < 1.29 is 13.9 Å². The predicted molar refractivity (Wildman–Crippen MR) is 96.9 cm³/mol. The van der Waals surface area contributed by atoms with Crippen molar-refractivity contribution in [2.75, 3.05) is 19.6 Å². The molecule has 1 aliphatic carbocycles. The molecule has 4 aliphatic rings. The van der Waals surface area contributed by atoms with Crippen molar-refractivity contribution in [2.45, 2.75) is 45.3 Å². The van der Waals surface area contributed by atoms with E-state index < -0.39 is 0 Å². The summed E-state index contributed by atoms with van der Waals surface area (Å²) < 4.78 is 20.2. The summed E-state index contributed by atoms with van der Waals surface area (Å²) in [7, 11) is 0. The third kappa shape index (κ3) is 3.19. The molecule has 6 heteroatoms. The average Bonchev–Trinajstić information content (AvgIpc) is 2.79. The Labute approximate surface area is 156 Å². The number of fused-ring (bicyclic) bond motifs is 4. The number of hydrogen-bond donors (Lipinski definition) is 1. The molecule has 1 aromatic carbocycles. The lowest BCUT2D eigenvalue weighted by molar-refractivity contribution is -0.0349. The molecule has 3 aliphatic heterocycles. The number of halogens is 2. The molecule has 3 fully saturated rings. The molecule has 136 valence electrons. The molecule has 1 amide bonds. The molecule has 4 nitrogen and oxygen atoms in total. The average molecular weight is 411 g/mol. The summed E-state index contributed by atoms with van der Waals surface area (Å²) in [6.45, 7) is 7.26. The normalized spacial score (nSPS) is 32.3. The summed E-state index contributed by atoms with van der Waals surface area (Å²) in [4.78, 5) is 14.9. The molecule has 0 saturated carbocycles. The minimum Gasteiger partial charge on any atom is -0.445 e. The fraction of sp³-hybridized carbons (Fsp3) is 0.632. The highest BCUT2D eigenvalue weighted by Crippen LogP contribution is 2.46. The Balaban J connectivity index is 1.48. The zero-order valence-electron chi connectivity index (χ0n) is 14.6. The Morgan fingerprint density at radius 3 is 2.72 bits per heavy atom. The van der Waals surface area contributed by atoms with Crippen LogP contribution < -0.4 is 5.32 Å². The van der Waals surface area contributed by atoms with Crippen LogP contribution in [0.15, 0.2) is 16.6 Å². The lowest BCUT2D eigenvalue weighted by Crippen LogP contribution is -2.53. The van der Waals surface area contributed by atoms with E-state index in [9.17, 15) is 9.18 Å². The first kappa shape index (κ1) is 17.3. The molecule has 2 bridgehead atoms. The van der Waals surface area contributed by atoms with Crippen LogP contribution in [-0.4, -0.2) is 36.7 Å². The number of alkyl carbamates (subject to hydrolysis) is 1. The minimum atomic E-state index is -0.381. The number of hydrogen-bond acceptors (Lipinski definition) is 3. The van der Waals surface area contributed by atoms with Crippen LogP contribution in [0.2, 0.25) is 0 Å². The summed E-state index contributed by atoms with van der Waals surface area (Å²) in [6, 6.07) is 3.12. The highest BCUT2D eigenvalue weighted by Gasteiger charge is 2.42. The van der Waals surface area contributed by atoms with Crippen LogP contribution in [0.4, 0.5) is 9.18 Å². The first-order valence-electron chi connectivity index (χ1n) is 9.01. The Hall–Kier alpha value is -1.14. The lowest BCUT2D eigenvalue weighted by Gasteiger charge is -2.44. The third-order valence-electron chi connectivity index (χ3n) is 6.04. The molecule has 0 unspecified atom stereocenters. The molecule has 2 atom stereocenters. The number of piperidine rings is 3. The molecule has 25 heavy (non-hydrogen) atoms. The van der Waals surface area contributed by atoms with E-state index in [-0.39, 0.29) is 29.5 Å². The monoisotopic (exact) mass is 410 g/mol. The van der Waals surface area contributed by atoms with Crippen LogP contribution in [-0.2, 0) is 11.2 Å². The van der Waals surface area contributed by atoms with Crippen LogP contribution in [0.3, 0.4) is 0 Å². The smallest absolute Gasteiger partial charge is 0.407 e. The van der Waals surface area contributed by atoms with E-state index >= 15 is 0 Å². The minimum absolute atomic E-state index is 0.0202. The third-order valence-corrected chi connectivity index (χ3v) is 6.65. The van der Waals surface area contributed by atoms with Gasteiger partial charge in [-0.3, -0.25) is 4.90 Å². The van der Waals surface area contributed by atoms with Crippen LogP contribution in [0.25, 0.3) is 0 Å². The molecule has 0 spiro atoms. The molecular weight excluding hydrogens is 387 g/mol. The topological polar surface area (TPSA) is 41.6 Å². The molecule has 0 aromatic heterocycles. The number of nitrogens with one attached hydrogen (secondary N) is 1. The summed E-state index contributed by atoms with van der Waals surface area (Å²) in [5, 5.41) is 3.02. The molecule has 3 saturated heterocycles. The number of amides is 1. The molecule has 3 heterocycles. The van der Waals surface area contributed by atoms with E-state index in [4.69, 9.17) is 4.74 Å². The Morgan fingerprint density at radius 2 is 2.08 bits per heavy atom. The van der Waals surface area contributed by atoms with Gasteiger partial charge in [0.15, 0.2) is 0 Å². The van der Waals surface area contributed by atoms with Crippen LogP contribution in [0.1, 0.15) is 43.9 Å². The molecule has 1 N–H and O–H groups in total. The number of benzene rings is 1. The maximum Gasteiger partial charge on any atom is 0.407 e. The van der Waals surface area contributed by atoms with Gasteiger partial charge in [-0.15, -0.1) is 0 Å². The SMILES string of the molecule is CC1(C)Cc2cc(Br)c(F)cc2[C@@H]1NC(=O)O[C@@H]1CN2CCC1CC2. The van der Waals surface area contributed by atoms with Gasteiger partial charge in [0.25, 0.3) is 0 Å². The highest BCUT2D eigenvalue weighted by atomic mass is 79.9. The quantitative estimate of drug-likeness (QED) is 0.799. The molecular formula is C19H24BrFN2O2. The van der Waals surface area contributed by atoms with E-state index in [1.165, 1.54) is 6.07 Å². The maximum absolute atomic E-state index is 14.0. The van der Waals surface area contributed by atoms with E-state index in [1.54, 1.807) is 0 Å². The van der Waals surface area contributed by atoms with Gasteiger partial charge in [-0.05, 0) is 82.9 Å². The van der Waals surface area contributed by atoms with E-state index in [1.807, 2.05) is 6.07 Å². The van der Waals surface area contributed by atoms with Crippen LogP contribution in [0, 0.1) is 17.2 Å². The van der Waals surface area contributed by atoms with Gasteiger partial charge < -0.3 is 10.1 Å². The Bertz CT molecular complexity index is 701. The van der Waals surface area contributed by atoms with Gasteiger partial charge in [-0.25, -0.2) is 9.18 Å². The van der Waals surface area contributed by atoms with Gasteiger partial charge in [-0.2, -0.15) is 0 Å². The summed E-state index contributed by atoms with van der Waals surface area (Å²) in [5.74, 6) is 0.182.